The summed E-state index contributed by atoms with van der Waals surface area (Å²) in [5, 5.41) is 4.73. The van der Waals surface area contributed by atoms with E-state index in [4.69, 9.17) is 11.6 Å². The largest absolute Gasteiger partial charge is 0.307 e. The lowest BCUT2D eigenvalue weighted by atomic mass is 9.91. The van der Waals surface area contributed by atoms with Gasteiger partial charge in [-0.15, -0.1) is 0 Å². The number of halogens is 1. The van der Waals surface area contributed by atoms with Gasteiger partial charge in [0.1, 0.15) is 0 Å². The molecule has 0 bridgehead atoms. The molecule has 2 heteroatoms. The van der Waals surface area contributed by atoms with Crippen LogP contribution in [0.3, 0.4) is 0 Å². The van der Waals surface area contributed by atoms with Crippen LogP contribution in [-0.2, 0) is 0 Å². The molecule has 0 saturated heterocycles. The Labute approximate surface area is 135 Å². The fourth-order valence-corrected chi connectivity index (χ4v) is 3.72. The Hall–Kier alpha value is -0.530. The van der Waals surface area contributed by atoms with Gasteiger partial charge in [-0.2, -0.15) is 0 Å². The van der Waals surface area contributed by atoms with Gasteiger partial charge < -0.3 is 5.32 Å². The molecule has 0 radical (unpaired) electrons. The van der Waals surface area contributed by atoms with E-state index in [0.717, 1.165) is 10.9 Å². The maximum atomic E-state index is 6.02. The summed E-state index contributed by atoms with van der Waals surface area (Å²) >= 11 is 6.02. The van der Waals surface area contributed by atoms with E-state index in [0.29, 0.717) is 12.1 Å². The summed E-state index contributed by atoms with van der Waals surface area (Å²) in [6, 6.07) is 9.45. The van der Waals surface area contributed by atoms with Crippen LogP contribution in [0.2, 0.25) is 5.02 Å². The summed E-state index contributed by atoms with van der Waals surface area (Å²) in [7, 11) is 0. The van der Waals surface area contributed by atoms with Crippen LogP contribution in [0.25, 0.3) is 0 Å². The number of hydrogen-bond acceptors (Lipinski definition) is 1. The first-order chi connectivity index (χ1) is 10.2. The van der Waals surface area contributed by atoms with Gasteiger partial charge in [-0.05, 0) is 49.8 Å². The zero-order chi connectivity index (χ0) is 15.1. The molecule has 1 fully saturated rings. The number of hydrogen-bond donors (Lipinski definition) is 1. The monoisotopic (exact) mass is 307 g/mol. The van der Waals surface area contributed by atoms with Crippen molar-refractivity contribution in [3.63, 3.8) is 0 Å². The second-order valence-corrected chi connectivity index (χ2v) is 7.04. The predicted octanol–water partition coefficient (Wildman–Crippen LogP) is 6.13. The Morgan fingerprint density at radius 2 is 1.71 bits per heavy atom. The molecule has 1 aromatic rings. The third-order valence-corrected chi connectivity index (χ3v) is 5.17. The highest BCUT2D eigenvalue weighted by atomic mass is 35.5. The molecule has 1 saturated carbocycles. The Kier molecular flexibility index (Phi) is 7.06. The lowest BCUT2D eigenvalue weighted by Crippen LogP contribution is -2.36. The molecule has 1 aromatic carbocycles. The summed E-state index contributed by atoms with van der Waals surface area (Å²) in [5.41, 5.74) is 1.38. The van der Waals surface area contributed by atoms with Crippen molar-refractivity contribution >= 4 is 11.6 Å². The van der Waals surface area contributed by atoms with Crippen molar-refractivity contribution in [3.8, 4) is 0 Å². The molecule has 0 aromatic heterocycles. The minimum absolute atomic E-state index is 0.463. The molecular formula is C19H30ClN. The summed E-state index contributed by atoms with van der Waals surface area (Å²) in [4.78, 5) is 0. The Morgan fingerprint density at radius 1 is 1.10 bits per heavy atom. The van der Waals surface area contributed by atoms with Gasteiger partial charge in [0, 0.05) is 17.1 Å². The van der Waals surface area contributed by atoms with Crippen molar-refractivity contribution in [2.75, 3.05) is 0 Å². The summed E-state index contributed by atoms with van der Waals surface area (Å²) in [6.07, 6.45) is 10.9. The van der Waals surface area contributed by atoms with Crippen molar-refractivity contribution in [1.82, 2.24) is 5.32 Å². The fourth-order valence-electron chi connectivity index (χ4n) is 3.59. The number of rotatable bonds is 6. The Balaban J connectivity index is 1.99. The zero-order valence-electron chi connectivity index (χ0n) is 13.6. The van der Waals surface area contributed by atoms with Gasteiger partial charge >= 0.3 is 0 Å². The van der Waals surface area contributed by atoms with E-state index in [9.17, 15) is 0 Å². The Morgan fingerprint density at radius 3 is 2.29 bits per heavy atom. The minimum atomic E-state index is 0.463. The summed E-state index contributed by atoms with van der Waals surface area (Å²) in [6.45, 7) is 4.65. The molecule has 0 aliphatic heterocycles. The van der Waals surface area contributed by atoms with E-state index in [2.05, 4.69) is 31.3 Å². The van der Waals surface area contributed by atoms with E-state index < -0.39 is 0 Å². The maximum Gasteiger partial charge on any atom is 0.0406 e. The van der Waals surface area contributed by atoms with Gasteiger partial charge in [-0.25, -0.2) is 0 Å². The molecular weight excluding hydrogens is 278 g/mol. The second-order valence-electron chi connectivity index (χ2n) is 6.60. The lowest BCUT2D eigenvalue weighted by Gasteiger charge is -2.29. The van der Waals surface area contributed by atoms with Gasteiger partial charge in [0.05, 0.1) is 0 Å². The normalized spacial score (nSPS) is 20.0. The van der Waals surface area contributed by atoms with Crippen molar-refractivity contribution in [2.45, 2.75) is 77.3 Å². The summed E-state index contributed by atoms with van der Waals surface area (Å²) < 4.78 is 0. The van der Waals surface area contributed by atoms with E-state index in [1.165, 1.54) is 56.9 Å². The fraction of sp³-hybridized carbons (Fsp3) is 0.684. The highest BCUT2D eigenvalue weighted by molar-refractivity contribution is 6.30. The molecule has 0 heterocycles. The highest BCUT2D eigenvalue weighted by Gasteiger charge is 2.22. The molecule has 0 spiro atoms. The highest BCUT2D eigenvalue weighted by Crippen LogP contribution is 2.28. The van der Waals surface area contributed by atoms with Crippen LogP contribution in [0.5, 0.6) is 0 Å². The van der Waals surface area contributed by atoms with Crippen molar-refractivity contribution in [3.05, 3.63) is 34.9 Å². The quantitative estimate of drug-likeness (QED) is 0.623. The van der Waals surface area contributed by atoms with Crippen LogP contribution >= 0.6 is 11.6 Å². The number of benzene rings is 1. The Bertz CT molecular complexity index is 393. The molecule has 1 aliphatic rings. The van der Waals surface area contributed by atoms with Crippen LogP contribution in [-0.4, -0.2) is 6.04 Å². The first-order valence-corrected chi connectivity index (χ1v) is 9.10. The van der Waals surface area contributed by atoms with E-state index in [-0.39, 0.29) is 0 Å². The van der Waals surface area contributed by atoms with Gasteiger partial charge in [-0.1, -0.05) is 62.8 Å². The zero-order valence-corrected chi connectivity index (χ0v) is 14.3. The smallest absolute Gasteiger partial charge is 0.0406 e. The van der Waals surface area contributed by atoms with Crippen LogP contribution in [0.15, 0.2) is 24.3 Å². The predicted molar refractivity (Wildman–Crippen MR) is 92.9 cm³/mol. The van der Waals surface area contributed by atoms with Crippen LogP contribution in [0, 0.1) is 5.92 Å². The molecule has 1 nitrogen and oxygen atoms in total. The van der Waals surface area contributed by atoms with Crippen LogP contribution < -0.4 is 5.32 Å². The molecule has 0 amide bonds. The van der Waals surface area contributed by atoms with Crippen molar-refractivity contribution in [2.24, 2.45) is 5.92 Å². The SMILES string of the molecule is CCCC(N[C@@H](C)C1CCCCCC1)c1ccc(Cl)cc1. The van der Waals surface area contributed by atoms with Crippen molar-refractivity contribution in [1.29, 1.82) is 0 Å². The second kappa shape index (κ2) is 8.80. The van der Waals surface area contributed by atoms with E-state index >= 15 is 0 Å². The average Bonchev–Trinajstić information content (AvgIpc) is 2.77. The molecule has 2 atom stereocenters. The van der Waals surface area contributed by atoms with Gasteiger partial charge in [0.15, 0.2) is 0 Å². The molecule has 1 N–H and O–H groups in total. The summed E-state index contributed by atoms with van der Waals surface area (Å²) in [5.74, 6) is 0.846. The molecule has 21 heavy (non-hydrogen) atoms. The van der Waals surface area contributed by atoms with Gasteiger partial charge in [0.25, 0.3) is 0 Å². The minimum Gasteiger partial charge on any atom is -0.307 e. The molecule has 1 unspecified atom stereocenters. The third-order valence-electron chi connectivity index (χ3n) is 4.92. The van der Waals surface area contributed by atoms with E-state index in [1.54, 1.807) is 0 Å². The van der Waals surface area contributed by atoms with Gasteiger partial charge in [-0.3, -0.25) is 0 Å². The third kappa shape index (κ3) is 5.30. The van der Waals surface area contributed by atoms with Crippen molar-refractivity contribution < 1.29 is 0 Å². The van der Waals surface area contributed by atoms with Gasteiger partial charge in [0.2, 0.25) is 0 Å². The topological polar surface area (TPSA) is 12.0 Å². The number of nitrogens with one attached hydrogen (secondary N) is 1. The first kappa shape index (κ1) is 16.8. The maximum absolute atomic E-state index is 6.02. The van der Waals surface area contributed by atoms with Crippen LogP contribution in [0.1, 0.15) is 76.8 Å². The molecule has 1 aliphatic carbocycles. The first-order valence-electron chi connectivity index (χ1n) is 8.72. The van der Waals surface area contributed by atoms with E-state index in [1.807, 2.05) is 12.1 Å². The molecule has 118 valence electrons. The average molecular weight is 308 g/mol. The van der Waals surface area contributed by atoms with Crippen LogP contribution in [0.4, 0.5) is 0 Å². The molecule has 2 rings (SSSR count). The lowest BCUT2D eigenvalue weighted by molar-refractivity contribution is 0.303. The standard InChI is InChI=1S/C19H30ClN/c1-3-8-19(17-11-13-18(20)14-12-17)21-15(2)16-9-6-4-5-7-10-16/h11-16,19,21H,3-10H2,1-2H3/t15-,19?/m0/s1.